The number of nitro groups is 1. The second-order valence-electron chi connectivity index (χ2n) is 5.98. The standard InChI is InChI=1S/C14H22N2O3S/c1-8-5-9(2)10(3)15(7-8)14-12(16(18)19)6-13(20-14)11(4)17/h6,8-11,17H,5,7H2,1-4H3/t8?,9?,10?,11-/m1/s1. The molecule has 1 aliphatic heterocycles. The fraction of sp³-hybridized carbons (Fsp3) is 0.714. The number of hydrogen-bond donors (Lipinski definition) is 1. The molecule has 1 aliphatic rings. The average Bonchev–Trinajstić information content (AvgIpc) is 2.78. The van der Waals surface area contributed by atoms with Gasteiger partial charge in [-0.25, -0.2) is 0 Å². The van der Waals surface area contributed by atoms with Crippen LogP contribution in [0.2, 0.25) is 0 Å². The third-order valence-electron chi connectivity index (χ3n) is 4.18. The predicted molar refractivity (Wildman–Crippen MR) is 81.4 cm³/mol. The second kappa shape index (κ2) is 5.69. The van der Waals surface area contributed by atoms with Crippen molar-refractivity contribution in [2.24, 2.45) is 11.8 Å². The van der Waals surface area contributed by atoms with Crippen LogP contribution in [0.1, 0.15) is 45.1 Å². The maximum atomic E-state index is 11.3. The Bertz CT molecular complexity index is 501. The molecule has 1 saturated heterocycles. The van der Waals surface area contributed by atoms with Gasteiger partial charge in [0.1, 0.15) is 0 Å². The first-order valence-electron chi connectivity index (χ1n) is 7.04. The Kier molecular flexibility index (Phi) is 4.34. The number of hydrogen-bond acceptors (Lipinski definition) is 5. The molecule has 4 atom stereocenters. The average molecular weight is 298 g/mol. The number of nitrogens with zero attached hydrogens (tertiary/aromatic N) is 2. The molecule has 20 heavy (non-hydrogen) atoms. The number of piperidine rings is 1. The van der Waals surface area contributed by atoms with Gasteiger partial charge in [-0.1, -0.05) is 13.8 Å². The molecule has 0 radical (unpaired) electrons. The summed E-state index contributed by atoms with van der Waals surface area (Å²) in [6.07, 6.45) is 0.488. The van der Waals surface area contributed by atoms with E-state index in [2.05, 4.69) is 25.7 Å². The van der Waals surface area contributed by atoms with Crippen LogP contribution in [0, 0.1) is 22.0 Å². The summed E-state index contributed by atoms with van der Waals surface area (Å²) < 4.78 is 0. The van der Waals surface area contributed by atoms with Crippen molar-refractivity contribution in [1.29, 1.82) is 0 Å². The van der Waals surface area contributed by atoms with E-state index in [-0.39, 0.29) is 16.7 Å². The zero-order chi connectivity index (χ0) is 15.0. The molecule has 112 valence electrons. The molecule has 6 heteroatoms. The minimum atomic E-state index is -0.664. The van der Waals surface area contributed by atoms with E-state index >= 15 is 0 Å². The van der Waals surface area contributed by atoms with Gasteiger partial charge in [0.25, 0.3) is 0 Å². The fourth-order valence-corrected chi connectivity index (χ4v) is 4.08. The van der Waals surface area contributed by atoms with E-state index in [0.29, 0.717) is 21.7 Å². The van der Waals surface area contributed by atoms with Crippen molar-refractivity contribution in [3.8, 4) is 0 Å². The van der Waals surface area contributed by atoms with Crippen molar-refractivity contribution in [3.05, 3.63) is 21.1 Å². The summed E-state index contributed by atoms with van der Waals surface area (Å²) >= 11 is 1.34. The third-order valence-corrected chi connectivity index (χ3v) is 5.51. The van der Waals surface area contributed by atoms with Crippen LogP contribution in [-0.4, -0.2) is 22.6 Å². The smallest absolute Gasteiger partial charge is 0.304 e. The Hall–Kier alpha value is -1.14. The van der Waals surface area contributed by atoms with Crippen molar-refractivity contribution in [2.45, 2.75) is 46.3 Å². The maximum Gasteiger partial charge on any atom is 0.304 e. The van der Waals surface area contributed by atoms with Crippen LogP contribution < -0.4 is 4.90 Å². The molecule has 2 rings (SSSR count). The Morgan fingerprint density at radius 3 is 2.70 bits per heavy atom. The van der Waals surface area contributed by atoms with Gasteiger partial charge in [0, 0.05) is 23.5 Å². The van der Waals surface area contributed by atoms with Crippen LogP contribution in [0.5, 0.6) is 0 Å². The molecule has 0 spiro atoms. The topological polar surface area (TPSA) is 66.6 Å². The van der Waals surface area contributed by atoms with Gasteiger partial charge in [-0.15, -0.1) is 11.3 Å². The van der Waals surface area contributed by atoms with Gasteiger partial charge in [-0.05, 0) is 32.1 Å². The van der Waals surface area contributed by atoms with Gasteiger partial charge >= 0.3 is 5.69 Å². The Balaban J connectivity index is 2.42. The molecule has 1 N–H and O–H groups in total. The zero-order valence-corrected chi connectivity index (χ0v) is 13.2. The molecule has 3 unspecified atom stereocenters. The molecule has 0 saturated carbocycles. The summed E-state index contributed by atoms with van der Waals surface area (Å²) in [6, 6.07) is 1.80. The molecular weight excluding hydrogens is 276 g/mol. The number of aliphatic hydroxyl groups excluding tert-OH is 1. The van der Waals surface area contributed by atoms with Crippen molar-refractivity contribution < 1.29 is 10.0 Å². The lowest BCUT2D eigenvalue weighted by atomic mass is 9.86. The largest absolute Gasteiger partial charge is 0.388 e. The van der Waals surface area contributed by atoms with Gasteiger partial charge < -0.3 is 10.0 Å². The quantitative estimate of drug-likeness (QED) is 0.684. The van der Waals surface area contributed by atoms with Crippen molar-refractivity contribution in [1.82, 2.24) is 0 Å². The first kappa shape index (κ1) is 15.3. The number of anilines is 1. The first-order valence-corrected chi connectivity index (χ1v) is 7.85. The summed E-state index contributed by atoms with van der Waals surface area (Å²) in [5, 5.41) is 21.6. The number of aliphatic hydroxyl groups is 1. The van der Waals surface area contributed by atoms with Crippen molar-refractivity contribution in [3.63, 3.8) is 0 Å². The van der Waals surface area contributed by atoms with Gasteiger partial charge in [0.15, 0.2) is 5.00 Å². The molecule has 0 amide bonds. The Morgan fingerprint density at radius 2 is 2.15 bits per heavy atom. The van der Waals surface area contributed by atoms with E-state index < -0.39 is 6.10 Å². The van der Waals surface area contributed by atoms with Crippen molar-refractivity contribution in [2.75, 3.05) is 11.4 Å². The van der Waals surface area contributed by atoms with E-state index in [1.165, 1.54) is 17.4 Å². The van der Waals surface area contributed by atoms with Crippen LogP contribution in [-0.2, 0) is 0 Å². The minimum Gasteiger partial charge on any atom is -0.388 e. The highest BCUT2D eigenvalue weighted by Crippen LogP contribution is 2.43. The third kappa shape index (κ3) is 2.81. The lowest BCUT2D eigenvalue weighted by Gasteiger charge is -2.41. The molecule has 0 aromatic carbocycles. The van der Waals surface area contributed by atoms with Crippen LogP contribution in [0.15, 0.2) is 6.07 Å². The minimum absolute atomic E-state index is 0.124. The maximum absolute atomic E-state index is 11.3. The zero-order valence-electron chi connectivity index (χ0n) is 12.4. The van der Waals surface area contributed by atoms with Gasteiger partial charge in [-0.3, -0.25) is 10.1 Å². The lowest BCUT2D eigenvalue weighted by molar-refractivity contribution is -0.383. The Labute approximate surface area is 123 Å². The van der Waals surface area contributed by atoms with E-state index in [1.54, 1.807) is 6.92 Å². The monoisotopic (exact) mass is 298 g/mol. The highest BCUT2D eigenvalue weighted by atomic mass is 32.1. The molecule has 2 heterocycles. The van der Waals surface area contributed by atoms with E-state index in [4.69, 9.17) is 0 Å². The summed E-state index contributed by atoms with van der Waals surface area (Å²) in [5.74, 6) is 1.04. The summed E-state index contributed by atoms with van der Waals surface area (Å²) in [4.78, 5) is 13.7. The highest BCUT2D eigenvalue weighted by Gasteiger charge is 2.34. The first-order chi connectivity index (χ1) is 9.31. The van der Waals surface area contributed by atoms with E-state index in [1.807, 2.05) is 0 Å². The van der Waals surface area contributed by atoms with Crippen LogP contribution in [0.25, 0.3) is 0 Å². The van der Waals surface area contributed by atoms with Gasteiger partial charge in [0.05, 0.1) is 11.0 Å². The highest BCUT2D eigenvalue weighted by molar-refractivity contribution is 7.16. The number of rotatable bonds is 3. The van der Waals surface area contributed by atoms with Crippen LogP contribution >= 0.6 is 11.3 Å². The summed E-state index contributed by atoms with van der Waals surface area (Å²) in [7, 11) is 0. The summed E-state index contributed by atoms with van der Waals surface area (Å²) in [5.41, 5.74) is 0.124. The second-order valence-corrected chi connectivity index (χ2v) is 7.05. The molecule has 1 aromatic rings. The predicted octanol–water partition coefficient (Wildman–Crippen LogP) is 3.58. The van der Waals surface area contributed by atoms with Crippen LogP contribution in [0.4, 0.5) is 10.7 Å². The Morgan fingerprint density at radius 1 is 1.50 bits per heavy atom. The SMILES string of the molecule is CC1CC(C)C(C)N(c2sc([C@@H](C)O)cc2[N+](=O)[O-])C1. The molecule has 5 nitrogen and oxygen atoms in total. The van der Waals surface area contributed by atoms with Crippen molar-refractivity contribution >= 4 is 22.0 Å². The normalized spacial score (nSPS) is 28.4. The molecule has 0 bridgehead atoms. The summed E-state index contributed by atoms with van der Waals surface area (Å²) in [6.45, 7) is 8.99. The lowest BCUT2D eigenvalue weighted by Crippen LogP contribution is -2.45. The molecular formula is C14H22N2O3S. The van der Waals surface area contributed by atoms with Crippen LogP contribution in [0.3, 0.4) is 0 Å². The fourth-order valence-electron chi connectivity index (χ4n) is 2.92. The molecule has 0 aliphatic carbocycles. The van der Waals surface area contributed by atoms with Gasteiger partial charge in [-0.2, -0.15) is 0 Å². The molecule has 1 fully saturated rings. The van der Waals surface area contributed by atoms with Gasteiger partial charge in [0.2, 0.25) is 0 Å². The van der Waals surface area contributed by atoms with E-state index in [0.717, 1.165) is 13.0 Å². The molecule has 1 aromatic heterocycles. The van der Waals surface area contributed by atoms with E-state index in [9.17, 15) is 15.2 Å². The number of thiophene rings is 1.